The molecular weight excluding hydrogens is 438 g/mol. The number of carbonyl (C=O) groups is 1. The van der Waals surface area contributed by atoms with Gasteiger partial charge in [-0.15, -0.1) is 0 Å². The summed E-state index contributed by atoms with van der Waals surface area (Å²) in [6.45, 7) is 0.933. The van der Waals surface area contributed by atoms with Gasteiger partial charge in [-0.25, -0.2) is 4.98 Å². The first kappa shape index (κ1) is 22.4. The number of benzene rings is 3. The van der Waals surface area contributed by atoms with E-state index in [1.54, 1.807) is 13.2 Å². The summed E-state index contributed by atoms with van der Waals surface area (Å²) in [5.74, 6) is 1.40. The standard InChI is InChI=1S/C29H25N3O3/c1-34-15-14-30-29(33)21-9-7-8-20(16-21)26-19-32-28-25(26)17-22(18-31-28)24-12-5-6-13-27(24)35-23-10-3-2-4-11-23/h2-13,16-19H,14-15H2,1H3,(H,30,33)(H,31,32). The molecule has 6 heteroatoms. The van der Waals surface area contributed by atoms with Crippen LogP contribution in [-0.2, 0) is 4.74 Å². The first-order valence-corrected chi connectivity index (χ1v) is 11.4. The summed E-state index contributed by atoms with van der Waals surface area (Å²) in [5.41, 5.74) is 5.17. The van der Waals surface area contributed by atoms with E-state index in [4.69, 9.17) is 9.47 Å². The van der Waals surface area contributed by atoms with Gasteiger partial charge in [-0.2, -0.15) is 0 Å². The molecule has 0 unspecified atom stereocenters. The molecule has 1 amide bonds. The number of aromatic nitrogens is 2. The third kappa shape index (κ3) is 4.93. The lowest BCUT2D eigenvalue weighted by Gasteiger charge is -2.11. The molecule has 35 heavy (non-hydrogen) atoms. The molecule has 5 rings (SSSR count). The molecule has 0 radical (unpaired) electrons. The second-order valence-electron chi connectivity index (χ2n) is 8.06. The van der Waals surface area contributed by atoms with E-state index in [1.807, 2.05) is 85.2 Å². The van der Waals surface area contributed by atoms with E-state index in [2.05, 4.69) is 21.4 Å². The van der Waals surface area contributed by atoms with E-state index in [1.165, 1.54) is 0 Å². The minimum atomic E-state index is -0.130. The largest absolute Gasteiger partial charge is 0.457 e. The number of nitrogens with zero attached hydrogens (tertiary/aromatic N) is 1. The van der Waals surface area contributed by atoms with E-state index >= 15 is 0 Å². The Kier molecular flexibility index (Phi) is 6.55. The third-order valence-electron chi connectivity index (χ3n) is 5.73. The van der Waals surface area contributed by atoms with Crippen molar-refractivity contribution in [2.24, 2.45) is 0 Å². The molecule has 0 spiro atoms. The number of rotatable bonds is 8. The molecular formula is C29H25N3O3. The van der Waals surface area contributed by atoms with Gasteiger partial charge in [0.1, 0.15) is 17.1 Å². The Morgan fingerprint density at radius 3 is 2.60 bits per heavy atom. The number of pyridine rings is 1. The Bertz CT molecular complexity index is 1460. The average Bonchev–Trinajstić information content (AvgIpc) is 3.33. The van der Waals surface area contributed by atoms with Crippen molar-refractivity contribution in [3.63, 3.8) is 0 Å². The number of aromatic amines is 1. The number of hydrogen-bond donors (Lipinski definition) is 2. The van der Waals surface area contributed by atoms with Gasteiger partial charge in [-0.1, -0.05) is 48.5 Å². The summed E-state index contributed by atoms with van der Waals surface area (Å²) in [6.07, 6.45) is 3.77. The van der Waals surface area contributed by atoms with Crippen molar-refractivity contribution in [3.05, 3.63) is 103 Å². The molecule has 0 atom stereocenters. The number of H-pyrrole nitrogens is 1. The average molecular weight is 464 g/mol. The fourth-order valence-corrected chi connectivity index (χ4v) is 4.00. The SMILES string of the molecule is COCCNC(=O)c1cccc(-c2c[nH]c3ncc(-c4ccccc4Oc4ccccc4)cc23)c1. The second kappa shape index (κ2) is 10.2. The van der Waals surface area contributed by atoms with Gasteiger partial charge in [0, 0.05) is 53.7 Å². The van der Waals surface area contributed by atoms with Crippen molar-refractivity contribution in [2.45, 2.75) is 0 Å². The summed E-state index contributed by atoms with van der Waals surface area (Å²) in [5, 5.41) is 3.83. The molecule has 0 aliphatic carbocycles. The molecule has 0 saturated heterocycles. The highest BCUT2D eigenvalue weighted by atomic mass is 16.5. The maximum absolute atomic E-state index is 12.5. The normalized spacial score (nSPS) is 10.9. The van der Waals surface area contributed by atoms with Crippen molar-refractivity contribution in [3.8, 4) is 33.8 Å². The van der Waals surface area contributed by atoms with Gasteiger partial charge in [0.15, 0.2) is 0 Å². The first-order chi connectivity index (χ1) is 17.2. The molecule has 0 aliphatic rings. The van der Waals surface area contributed by atoms with Gasteiger partial charge in [-0.05, 0) is 42.0 Å². The number of ether oxygens (including phenoxy) is 2. The number of amides is 1. The van der Waals surface area contributed by atoms with Crippen LogP contribution in [0.2, 0.25) is 0 Å². The Morgan fingerprint density at radius 2 is 1.74 bits per heavy atom. The maximum atomic E-state index is 12.5. The highest BCUT2D eigenvalue weighted by molar-refractivity contribution is 5.99. The second-order valence-corrected chi connectivity index (χ2v) is 8.06. The zero-order chi connectivity index (χ0) is 24.0. The smallest absolute Gasteiger partial charge is 0.251 e. The molecule has 5 aromatic rings. The van der Waals surface area contributed by atoms with Crippen molar-refractivity contribution in [2.75, 3.05) is 20.3 Å². The van der Waals surface area contributed by atoms with Gasteiger partial charge >= 0.3 is 0 Å². The molecule has 2 heterocycles. The van der Waals surface area contributed by atoms with Crippen molar-refractivity contribution >= 4 is 16.9 Å². The summed E-state index contributed by atoms with van der Waals surface area (Å²) in [4.78, 5) is 20.4. The van der Waals surface area contributed by atoms with Gasteiger partial charge in [0.05, 0.1) is 6.61 Å². The Morgan fingerprint density at radius 1 is 0.914 bits per heavy atom. The van der Waals surface area contributed by atoms with Gasteiger partial charge in [0.25, 0.3) is 5.91 Å². The number of hydrogen-bond acceptors (Lipinski definition) is 4. The van der Waals surface area contributed by atoms with Crippen molar-refractivity contribution < 1.29 is 14.3 Å². The Hall–Kier alpha value is -4.42. The van der Waals surface area contributed by atoms with Crippen LogP contribution in [0.1, 0.15) is 10.4 Å². The number of nitrogens with one attached hydrogen (secondary N) is 2. The van der Waals surface area contributed by atoms with Crippen LogP contribution in [0.4, 0.5) is 0 Å². The number of methoxy groups -OCH3 is 1. The van der Waals surface area contributed by atoms with Crippen LogP contribution in [0, 0.1) is 0 Å². The number of carbonyl (C=O) groups excluding carboxylic acids is 1. The van der Waals surface area contributed by atoms with E-state index < -0.39 is 0 Å². The predicted molar refractivity (Wildman–Crippen MR) is 138 cm³/mol. The zero-order valence-electron chi connectivity index (χ0n) is 19.3. The van der Waals surface area contributed by atoms with E-state index in [9.17, 15) is 4.79 Å². The molecule has 3 aromatic carbocycles. The van der Waals surface area contributed by atoms with E-state index in [0.29, 0.717) is 18.7 Å². The van der Waals surface area contributed by atoms with Crippen LogP contribution in [0.25, 0.3) is 33.3 Å². The molecule has 0 saturated carbocycles. The predicted octanol–water partition coefficient (Wildman–Crippen LogP) is 6.07. The zero-order valence-corrected chi connectivity index (χ0v) is 19.3. The van der Waals surface area contributed by atoms with E-state index in [-0.39, 0.29) is 5.91 Å². The van der Waals surface area contributed by atoms with Crippen LogP contribution >= 0.6 is 0 Å². The van der Waals surface area contributed by atoms with Crippen LogP contribution in [0.3, 0.4) is 0 Å². The summed E-state index contributed by atoms with van der Waals surface area (Å²) < 4.78 is 11.2. The minimum Gasteiger partial charge on any atom is -0.457 e. The van der Waals surface area contributed by atoms with E-state index in [0.717, 1.165) is 44.8 Å². The molecule has 2 N–H and O–H groups in total. The van der Waals surface area contributed by atoms with Crippen molar-refractivity contribution in [1.82, 2.24) is 15.3 Å². The summed E-state index contributed by atoms with van der Waals surface area (Å²) >= 11 is 0. The molecule has 0 bridgehead atoms. The molecule has 6 nitrogen and oxygen atoms in total. The third-order valence-corrected chi connectivity index (χ3v) is 5.73. The number of para-hydroxylation sites is 2. The van der Waals surface area contributed by atoms with Crippen LogP contribution in [-0.4, -0.2) is 36.1 Å². The highest BCUT2D eigenvalue weighted by Gasteiger charge is 2.14. The summed E-state index contributed by atoms with van der Waals surface area (Å²) in [6, 6.07) is 27.3. The lowest BCUT2D eigenvalue weighted by Crippen LogP contribution is -2.26. The quantitative estimate of drug-likeness (QED) is 0.274. The van der Waals surface area contributed by atoms with Crippen molar-refractivity contribution in [1.29, 1.82) is 0 Å². The lowest BCUT2D eigenvalue weighted by atomic mass is 10.0. The topological polar surface area (TPSA) is 76.2 Å². The fourth-order valence-electron chi connectivity index (χ4n) is 4.00. The van der Waals surface area contributed by atoms with Gasteiger partial charge in [-0.3, -0.25) is 4.79 Å². The van der Waals surface area contributed by atoms with Crippen LogP contribution in [0.15, 0.2) is 97.3 Å². The Balaban J connectivity index is 1.49. The number of fused-ring (bicyclic) bond motifs is 1. The fraction of sp³-hybridized carbons (Fsp3) is 0.103. The van der Waals surface area contributed by atoms with Gasteiger partial charge in [0.2, 0.25) is 0 Å². The summed E-state index contributed by atoms with van der Waals surface area (Å²) in [7, 11) is 1.61. The van der Waals surface area contributed by atoms with Crippen LogP contribution < -0.4 is 10.1 Å². The lowest BCUT2D eigenvalue weighted by molar-refractivity contribution is 0.0937. The molecule has 2 aromatic heterocycles. The highest BCUT2D eigenvalue weighted by Crippen LogP contribution is 2.36. The molecule has 174 valence electrons. The first-order valence-electron chi connectivity index (χ1n) is 11.4. The molecule has 0 aliphatic heterocycles. The minimum absolute atomic E-state index is 0.130. The van der Waals surface area contributed by atoms with Gasteiger partial charge < -0.3 is 19.8 Å². The maximum Gasteiger partial charge on any atom is 0.251 e. The molecule has 0 fully saturated rings. The monoisotopic (exact) mass is 463 g/mol. The van der Waals surface area contributed by atoms with Crippen LogP contribution in [0.5, 0.6) is 11.5 Å². The Labute approximate surface area is 203 Å².